The number of hydrogen-bond acceptors (Lipinski definition) is 4. The fourth-order valence-electron chi connectivity index (χ4n) is 1.58. The SMILES string of the molecule is CCOC(=O)CCc1cccc(Cl)c1C(=O)OC. The zero-order chi connectivity index (χ0) is 13.5. The lowest BCUT2D eigenvalue weighted by Gasteiger charge is -2.09. The summed E-state index contributed by atoms with van der Waals surface area (Å²) in [6.45, 7) is 2.09. The molecule has 0 N–H and O–H groups in total. The predicted octanol–water partition coefficient (Wildman–Crippen LogP) is 2.62. The van der Waals surface area contributed by atoms with Crippen LogP contribution < -0.4 is 0 Å². The maximum absolute atomic E-state index is 11.6. The molecule has 1 rings (SSSR count). The molecule has 0 amide bonds. The molecule has 0 spiro atoms. The molecule has 0 aliphatic heterocycles. The van der Waals surface area contributed by atoms with E-state index in [4.69, 9.17) is 16.3 Å². The first kappa shape index (κ1) is 14.5. The number of methoxy groups -OCH3 is 1. The molecule has 0 heterocycles. The Morgan fingerprint density at radius 2 is 2.06 bits per heavy atom. The van der Waals surface area contributed by atoms with Crippen LogP contribution in [0.15, 0.2) is 18.2 Å². The number of aryl methyl sites for hydroxylation is 1. The maximum Gasteiger partial charge on any atom is 0.339 e. The van der Waals surface area contributed by atoms with Crippen molar-refractivity contribution in [2.24, 2.45) is 0 Å². The highest BCUT2D eigenvalue weighted by molar-refractivity contribution is 6.33. The highest BCUT2D eigenvalue weighted by Crippen LogP contribution is 2.22. The van der Waals surface area contributed by atoms with Crippen molar-refractivity contribution in [3.8, 4) is 0 Å². The summed E-state index contributed by atoms with van der Waals surface area (Å²) in [5.74, 6) is -0.798. The smallest absolute Gasteiger partial charge is 0.339 e. The van der Waals surface area contributed by atoms with E-state index in [9.17, 15) is 9.59 Å². The molecule has 0 aromatic heterocycles. The van der Waals surface area contributed by atoms with Crippen LogP contribution in [-0.2, 0) is 20.7 Å². The molecule has 0 bridgehead atoms. The van der Waals surface area contributed by atoms with E-state index in [1.165, 1.54) is 7.11 Å². The molecule has 0 saturated carbocycles. The highest BCUT2D eigenvalue weighted by Gasteiger charge is 2.16. The standard InChI is InChI=1S/C13H15ClO4/c1-3-18-11(15)8-7-9-5-4-6-10(14)12(9)13(16)17-2/h4-6H,3,7-8H2,1-2H3. The van der Waals surface area contributed by atoms with Crippen molar-refractivity contribution in [1.29, 1.82) is 0 Å². The zero-order valence-electron chi connectivity index (χ0n) is 10.4. The second-order valence-electron chi connectivity index (χ2n) is 3.57. The summed E-state index contributed by atoms with van der Waals surface area (Å²) < 4.78 is 9.50. The zero-order valence-corrected chi connectivity index (χ0v) is 11.1. The molecular formula is C13H15ClO4. The number of benzene rings is 1. The minimum Gasteiger partial charge on any atom is -0.466 e. The minimum atomic E-state index is -0.501. The summed E-state index contributed by atoms with van der Waals surface area (Å²) in [5, 5.41) is 0.322. The molecule has 1 aromatic rings. The first-order chi connectivity index (χ1) is 8.60. The molecule has 0 atom stereocenters. The number of esters is 2. The third kappa shape index (κ3) is 3.74. The van der Waals surface area contributed by atoms with Crippen molar-refractivity contribution < 1.29 is 19.1 Å². The van der Waals surface area contributed by atoms with Gasteiger partial charge in [-0.05, 0) is 25.0 Å². The van der Waals surface area contributed by atoms with E-state index in [0.717, 1.165) is 0 Å². The van der Waals surface area contributed by atoms with Gasteiger partial charge >= 0.3 is 11.9 Å². The molecule has 0 aliphatic carbocycles. The Hall–Kier alpha value is -1.55. The second kappa shape index (κ2) is 7.01. The number of carbonyl (C=O) groups is 2. The summed E-state index contributed by atoms with van der Waals surface area (Å²) in [7, 11) is 1.29. The fourth-order valence-corrected chi connectivity index (χ4v) is 1.85. The van der Waals surface area contributed by atoms with Crippen LogP contribution in [0.4, 0.5) is 0 Å². The van der Waals surface area contributed by atoms with Crippen molar-refractivity contribution in [2.75, 3.05) is 13.7 Å². The first-order valence-electron chi connectivity index (χ1n) is 5.61. The quantitative estimate of drug-likeness (QED) is 0.772. The van der Waals surface area contributed by atoms with Gasteiger partial charge in [0.05, 0.1) is 24.3 Å². The van der Waals surface area contributed by atoms with Gasteiger partial charge in [0.15, 0.2) is 0 Å². The number of ether oxygens (including phenoxy) is 2. The van der Waals surface area contributed by atoms with Gasteiger partial charge in [0.1, 0.15) is 0 Å². The Morgan fingerprint density at radius 1 is 1.33 bits per heavy atom. The summed E-state index contributed by atoms with van der Waals surface area (Å²) in [6, 6.07) is 5.09. The first-order valence-corrected chi connectivity index (χ1v) is 5.99. The average molecular weight is 271 g/mol. The lowest BCUT2D eigenvalue weighted by molar-refractivity contribution is -0.143. The largest absolute Gasteiger partial charge is 0.466 e. The molecule has 18 heavy (non-hydrogen) atoms. The van der Waals surface area contributed by atoms with Crippen LogP contribution >= 0.6 is 11.6 Å². The van der Waals surface area contributed by atoms with Gasteiger partial charge in [0, 0.05) is 6.42 Å². The summed E-state index contributed by atoms with van der Waals surface area (Å²) in [6.07, 6.45) is 0.599. The maximum atomic E-state index is 11.6. The molecule has 0 unspecified atom stereocenters. The van der Waals surface area contributed by atoms with Gasteiger partial charge in [0.2, 0.25) is 0 Å². The molecule has 0 fully saturated rings. The minimum absolute atomic E-state index is 0.207. The van der Waals surface area contributed by atoms with E-state index in [-0.39, 0.29) is 12.4 Å². The van der Waals surface area contributed by atoms with Gasteiger partial charge in [-0.25, -0.2) is 4.79 Å². The Bertz CT molecular complexity index is 443. The molecule has 0 radical (unpaired) electrons. The number of carbonyl (C=O) groups excluding carboxylic acids is 2. The van der Waals surface area contributed by atoms with E-state index >= 15 is 0 Å². The molecular weight excluding hydrogens is 256 g/mol. The number of rotatable bonds is 5. The monoisotopic (exact) mass is 270 g/mol. The topological polar surface area (TPSA) is 52.6 Å². The van der Waals surface area contributed by atoms with Crippen molar-refractivity contribution in [3.05, 3.63) is 34.3 Å². The fraction of sp³-hybridized carbons (Fsp3) is 0.385. The molecule has 0 saturated heterocycles. The Labute approximate surface area is 111 Å². The number of halogens is 1. The van der Waals surface area contributed by atoms with Gasteiger partial charge in [0.25, 0.3) is 0 Å². The van der Waals surface area contributed by atoms with Gasteiger partial charge in [-0.1, -0.05) is 23.7 Å². The van der Waals surface area contributed by atoms with Crippen LogP contribution in [0.2, 0.25) is 5.02 Å². The van der Waals surface area contributed by atoms with Crippen LogP contribution in [0.1, 0.15) is 29.3 Å². The third-order valence-electron chi connectivity index (χ3n) is 2.39. The van der Waals surface area contributed by atoms with Crippen molar-refractivity contribution in [3.63, 3.8) is 0 Å². The van der Waals surface area contributed by atoms with Crippen LogP contribution in [0.3, 0.4) is 0 Å². The number of hydrogen-bond donors (Lipinski definition) is 0. The lowest BCUT2D eigenvalue weighted by Crippen LogP contribution is -2.10. The third-order valence-corrected chi connectivity index (χ3v) is 2.71. The summed E-state index contributed by atoms with van der Waals surface area (Å²) in [5.41, 5.74) is 0.994. The van der Waals surface area contributed by atoms with Gasteiger partial charge in [-0.2, -0.15) is 0 Å². The van der Waals surface area contributed by atoms with Crippen molar-refractivity contribution in [1.82, 2.24) is 0 Å². The Kier molecular flexibility index (Phi) is 5.65. The predicted molar refractivity (Wildman–Crippen MR) is 67.7 cm³/mol. The van der Waals surface area contributed by atoms with Gasteiger partial charge < -0.3 is 9.47 Å². The Balaban J connectivity index is 2.85. The normalized spacial score (nSPS) is 9.94. The molecule has 4 nitrogen and oxygen atoms in total. The van der Waals surface area contributed by atoms with Crippen LogP contribution in [-0.4, -0.2) is 25.7 Å². The van der Waals surface area contributed by atoms with Gasteiger partial charge in [-0.3, -0.25) is 4.79 Å². The highest BCUT2D eigenvalue weighted by atomic mass is 35.5. The lowest BCUT2D eigenvalue weighted by atomic mass is 10.0. The summed E-state index contributed by atoms with van der Waals surface area (Å²) in [4.78, 5) is 22.9. The van der Waals surface area contributed by atoms with Crippen molar-refractivity contribution >= 4 is 23.5 Å². The van der Waals surface area contributed by atoms with E-state index in [1.54, 1.807) is 25.1 Å². The average Bonchev–Trinajstić information content (AvgIpc) is 2.36. The van der Waals surface area contributed by atoms with Crippen LogP contribution in [0.25, 0.3) is 0 Å². The van der Waals surface area contributed by atoms with Crippen LogP contribution in [0, 0.1) is 0 Å². The second-order valence-corrected chi connectivity index (χ2v) is 3.98. The van der Waals surface area contributed by atoms with E-state index < -0.39 is 5.97 Å². The molecule has 1 aromatic carbocycles. The van der Waals surface area contributed by atoms with Crippen molar-refractivity contribution in [2.45, 2.75) is 19.8 Å². The van der Waals surface area contributed by atoms with Crippen LogP contribution in [0.5, 0.6) is 0 Å². The van der Waals surface area contributed by atoms with E-state index in [2.05, 4.69) is 4.74 Å². The molecule has 0 aliphatic rings. The van der Waals surface area contributed by atoms with E-state index in [1.807, 2.05) is 0 Å². The van der Waals surface area contributed by atoms with Gasteiger partial charge in [-0.15, -0.1) is 0 Å². The van der Waals surface area contributed by atoms with E-state index in [0.29, 0.717) is 29.2 Å². The Morgan fingerprint density at radius 3 is 2.67 bits per heavy atom. The summed E-state index contributed by atoms with van der Waals surface area (Å²) >= 11 is 5.96. The molecule has 98 valence electrons. The molecule has 5 heteroatoms.